The van der Waals surface area contributed by atoms with Crippen LogP contribution in [0.5, 0.6) is 0 Å². The monoisotopic (exact) mass is 255 g/mol. The van der Waals surface area contributed by atoms with Gasteiger partial charge in [0.2, 0.25) is 0 Å². The van der Waals surface area contributed by atoms with Crippen LogP contribution in [0, 0.1) is 5.92 Å². The molecule has 0 aromatic rings. The Bertz CT molecular complexity index is 314. The SMILES string of the molecule is CCC(=CCNCC1(O)CCCC(C)C1)C(=O)O. The molecule has 1 aliphatic rings. The third-order valence-corrected chi connectivity index (χ3v) is 3.67. The van der Waals surface area contributed by atoms with E-state index in [0.717, 1.165) is 19.3 Å². The summed E-state index contributed by atoms with van der Waals surface area (Å²) in [7, 11) is 0. The molecule has 4 nitrogen and oxygen atoms in total. The van der Waals surface area contributed by atoms with Crippen molar-refractivity contribution in [1.29, 1.82) is 0 Å². The van der Waals surface area contributed by atoms with Crippen LogP contribution in [0.25, 0.3) is 0 Å². The van der Waals surface area contributed by atoms with E-state index < -0.39 is 11.6 Å². The molecule has 104 valence electrons. The molecule has 0 radical (unpaired) electrons. The van der Waals surface area contributed by atoms with Gasteiger partial charge < -0.3 is 15.5 Å². The minimum atomic E-state index is -0.857. The molecule has 0 heterocycles. The molecule has 18 heavy (non-hydrogen) atoms. The van der Waals surface area contributed by atoms with Gasteiger partial charge in [-0.25, -0.2) is 4.79 Å². The second-order valence-corrected chi connectivity index (χ2v) is 5.44. The maximum atomic E-state index is 10.8. The zero-order chi connectivity index (χ0) is 13.6. The lowest BCUT2D eigenvalue weighted by atomic mass is 9.79. The lowest BCUT2D eigenvalue weighted by Gasteiger charge is -2.35. The minimum Gasteiger partial charge on any atom is -0.478 e. The van der Waals surface area contributed by atoms with Gasteiger partial charge in [0, 0.05) is 18.7 Å². The highest BCUT2D eigenvalue weighted by Gasteiger charge is 2.31. The molecule has 3 N–H and O–H groups in total. The number of nitrogens with one attached hydrogen (secondary N) is 1. The molecule has 2 atom stereocenters. The number of aliphatic hydroxyl groups is 1. The number of carbonyl (C=O) groups is 1. The Morgan fingerprint density at radius 2 is 2.28 bits per heavy atom. The van der Waals surface area contributed by atoms with E-state index in [0.29, 0.717) is 31.0 Å². The first kappa shape index (κ1) is 15.2. The van der Waals surface area contributed by atoms with E-state index in [2.05, 4.69) is 12.2 Å². The van der Waals surface area contributed by atoms with Crippen molar-refractivity contribution in [2.75, 3.05) is 13.1 Å². The highest BCUT2D eigenvalue weighted by molar-refractivity contribution is 5.86. The van der Waals surface area contributed by atoms with Gasteiger partial charge in [0.15, 0.2) is 0 Å². The number of hydrogen-bond donors (Lipinski definition) is 3. The molecule has 4 heteroatoms. The molecule has 0 amide bonds. The highest BCUT2D eigenvalue weighted by Crippen LogP contribution is 2.31. The standard InChI is InChI=1S/C14H25NO3/c1-3-12(13(16)17)6-8-15-10-14(18)7-4-5-11(2)9-14/h6,11,15,18H,3-5,7-10H2,1-2H3,(H,16,17). The average Bonchev–Trinajstić information content (AvgIpc) is 2.28. The van der Waals surface area contributed by atoms with Crippen LogP contribution in [-0.2, 0) is 4.79 Å². The summed E-state index contributed by atoms with van der Waals surface area (Å²) in [6.45, 7) is 5.05. The van der Waals surface area contributed by atoms with Crippen LogP contribution in [0.4, 0.5) is 0 Å². The van der Waals surface area contributed by atoms with Gasteiger partial charge in [-0.3, -0.25) is 0 Å². The lowest BCUT2D eigenvalue weighted by molar-refractivity contribution is -0.132. The minimum absolute atomic E-state index is 0.423. The number of aliphatic carboxylic acids is 1. The number of carboxylic acid groups (broad SMARTS) is 1. The van der Waals surface area contributed by atoms with Crippen molar-refractivity contribution < 1.29 is 15.0 Å². The summed E-state index contributed by atoms with van der Waals surface area (Å²) in [4.78, 5) is 10.8. The summed E-state index contributed by atoms with van der Waals surface area (Å²) in [6, 6.07) is 0. The van der Waals surface area contributed by atoms with Crippen molar-refractivity contribution in [3.63, 3.8) is 0 Å². The second-order valence-electron chi connectivity index (χ2n) is 5.44. The fraction of sp³-hybridized carbons (Fsp3) is 0.786. The Hall–Kier alpha value is -0.870. The van der Waals surface area contributed by atoms with Crippen LogP contribution in [0.2, 0.25) is 0 Å². The normalized spacial score (nSPS) is 29.3. The molecule has 0 aliphatic heterocycles. The summed E-state index contributed by atoms with van der Waals surface area (Å²) < 4.78 is 0. The number of rotatable bonds is 6. The maximum absolute atomic E-state index is 10.8. The molecule has 1 rings (SSSR count). The third-order valence-electron chi connectivity index (χ3n) is 3.67. The Labute approximate surface area is 109 Å². The van der Waals surface area contributed by atoms with Gasteiger partial charge in [-0.15, -0.1) is 0 Å². The first-order valence-corrected chi connectivity index (χ1v) is 6.82. The third kappa shape index (κ3) is 4.78. The van der Waals surface area contributed by atoms with Crippen molar-refractivity contribution in [2.24, 2.45) is 5.92 Å². The summed E-state index contributed by atoms with van der Waals surface area (Å²) in [5.41, 5.74) is -0.187. The van der Waals surface area contributed by atoms with Crippen molar-refractivity contribution >= 4 is 5.97 Å². The molecule has 1 fully saturated rings. The lowest BCUT2D eigenvalue weighted by Crippen LogP contribution is -2.44. The smallest absolute Gasteiger partial charge is 0.331 e. The van der Waals surface area contributed by atoms with Crippen LogP contribution in [0.15, 0.2) is 11.6 Å². The van der Waals surface area contributed by atoms with E-state index in [1.54, 1.807) is 6.08 Å². The first-order chi connectivity index (χ1) is 8.47. The van der Waals surface area contributed by atoms with E-state index in [4.69, 9.17) is 5.11 Å². The van der Waals surface area contributed by atoms with Gasteiger partial charge in [0.05, 0.1) is 5.60 Å². The average molecular weight is 255 g/mol. The molecular weight excluding hydrogens is 230 g/mol. The quantitative estimate of drug-likeness (QED) is 0.501. The van der Waals surface area contributed by atoms with Gasteiger partial charge in [-0.1, -0.05) is 32.8 Å². The predicted molar refractivity (Wildman–Crippen MR) is 71.5 cm³/mol. The summed E-state index contributed by atoms with van der Waals surface area (Å²) in [5, 5.41) is 22.4. The maximum Gasteiger partial charge on any atom is 0.331 e. The Kier molecular flexibility index (Phi) is 5.82. The topological polar surface area (TPSA) is 69.6 Å². The van der Waals surface area contributed by atoms with Crippen LogP contribution in [0.3, 0.4) is 0 Å². The predicted octanol–water partition coefficient (Wildman–Crippen LogP) is 1.94. The van der Waals surface area contributed by atoms with Gasteiger partial charge >= 0.3 is 5.97 Å². The number of hydrogen-bond acceptors (Lipinski definition) is 3. The fourth-order valence-electron chi connectivity index (χ4n) is 2.68. The van der Waals surface area contributed by atoms with E-state index in [-0.39, 0.29) is 0 Å². The van der Waals surface area contributed by atoms with Crippen LogP contribution >= 0.6 is 0 Å². The van der Waals surface area contributed by atoms with Gasteiger partial charge in [-0.2, -0.15) is 0 Å². The van der Waals surface area contributed by atoms with E-state index in [1.807, 2.05) is 6.92 Å². The molecular formula is C14H25NO3. The van der Waals surface area contributed by atoms with Crippen LogP contribution in [-0.4, -0.2) is 34.9 Å². The molecule has 0 saturated heterocycles. The van der Waals surface area contributed by atoms with E-state index >= 15 is 0 Å². The van der Waals surface area contributed by atoms with Crippen molar-refractivity contribution in [3.05, 3.63) is 11.6 Å². The van der Waals surface area contributed by atoms with E-state index in [9.17, 15) is 9.90 Å². The summed E-state index contributed by atoms with van der Waals surface area (Å²) >= 11 is 0. The van der Waals surface area contributed by atoms with E-state index in [1.165, 1.54) is 6.42 Å². The second kappa shape index (κ2) is 6.90. The zero-order valence-corrected chi connectivity index (χ0v) is 11.4. The number of carboxylic acids is 1. The van der Waals surface area contributed by atoms with Crippen molar-refractivity contribution in [2.45, 2.75) is 51.6 Å². The molecule has 0 spiro atoms. The van der Waals surface area contributed by atoms with Gasteiger partial charge in [0.25, 0.3) is 0 Å². The molecule has 0 aromatic heterocycles. The Morgan fingerprint density at radius 1 is 1.56 bits per heavy atom. The van der Waals surface area contributed by atoms with Crippen LogP contribution < -0.4 is 5.32 Å². The highest BCUT2D eigenvalue weighted by atomic mass is 16.4. The van der Waals surface area contributed by atoms with Crippen molar-refractivity contribution in [1.82, 2.24) is 5.32 Å². The fourth-order valence-corrected chi connectivity index (χ4v) is 2.68. The zero-order valence-electron chi connectivity index (χ0n) is 11.4. The van der Waals surface area contributed by atoms with Crippen molar-refractivity contribution in [3.8, 4) is 0 Å². The van der Waals surface area contributed by atoms with Gasteiger partial charge in [0.1, 0.15) is 0 Å². The molecule has 1 saturated carbocycles. The summed E-state index contributed by atoms with van der Waals surface area (Å²) in [5.74, 6) is -0.282. The molecule has 0 bridgehead atoms. The molecule has 2 unspecified atom stereocenters. The largest absolute Gasteiger partial charge is 0.478 e. The molecule has 1 aliphatic carbocycles. The van der Waals surface area contributed by atoms with Gasteiger partial charge in [-0.05, 0) is 25.2 Å². The Morgan fingerprint density at radius 3 is 2.83 bits per heavy atom. The van der Waals surface area contributed by atoms with Crippen LogP contribution in [0.1, 0.15) is 46.0 Å². The first-order valence-electron chi connectivity index (χ1n) is 6.82. The Balaban J connectivity index is 2.34. The molecule has 0 aromatic carbocycles. The summed E-state index contributed by atoms with van der Waals surface area (Å²) in [6.07, 6.45) is 6.17.